The Kier molecular flexibility index (Phi) is 8.38. The van der Waals surface area contributed by atoms with E-state index < -0.39 is 28.9 Å². The molecule has 3 aromatic rings. The van der Waals surface area contributed by atoms with Gasteiger partial charge >= 0.3 is 5.38 Å². The van der Waals surface area contributed by atoms with Gasteiger partial charge in [-0.25, -0.2) is 0 Å². The molecular weight excluding hydrogens is 576 g/mol. The summed E-state index contributed by atoms with van der Waals surface area (Å²) in [7, 11) is 0. The molecular formula is C25H21BrClF2N3O5. The van der Waals surface area contributed by atoms with Gasteiger partial charge in [0.2, 0.25) is 0 Å². The molecule has 1 unspecified atom stereocenters. The third-order valence-electron chi connectivity index (χ3n) is 5.47. The minimum Gasteiger partial charge on any atom is -0.376 e. The molecule has 1 aliphatic rings. The predicted octanol–water partition coefficient (Wildman–Crippen LogP) is 6.51. The van der Waals surface area contributed by atoms with Gasteiger partial charge in [0.1, 0.15) is 11.8 Å². The first kappa shape index (κ1) is 26.9. The van der Waals surface area contributed by atoms with E-state index in [4.69, 9.17) is 21.1 Å². The quantitative estimate of drug-likeness (QED) is 0.166. The molecule has 0 aromatic heterocycles. The summed E-state index contributed by atoms with van der Waals surface area (Å²) in [5, 5.41) is 14.0. The van der Waals surface area contributed by atoms with Gasteiger partial charge in [-0.2, -0.15) is 8.78 Å². The lowest BCUT2D eigenvalue weighted by atomic mass is 10.1. The van der Waals surface area contributed by atoms with Crippen LogP contribution in [0.3, 0.4) is 0 Å². The topological polar surface area (TPSA) is 103 Å². The van der Waals surface area contributed by atoms with Crippen molar-refractivity contribution in [3.05, 3.63) is 98.0 Å². The maximum Gasteiger partial charge on any atom is 0.325 e. The van der Waals surface area contributed by atoms with Crippen LogP contribution in [-0.4, -0.2) is 35.5 Å². The highest BCUT2D eigenvalue weighted by Gasteiger charge is 2.29. The Bertz CT molecular complexity index is 1280. The Morgan fingerprint density at radius 3 is 2.51 bits per heavy atom. The average molecular weight is 597 g/mol. The maximum absolute atomic E-state index is 13.0. The number of hydrogen-bond acceptors (Lipinski definition) is 6. The van der Waals surface area contributed by atoms with E-state index in [-0.39, 0.29) is 29.6 Å². The van der Waals surface area contributed by atoms with Crippen molar-refractivity contribution >= 4 is 50.5 Å². The molecule has 0 saturated carbocycles. The minimum absolute atomic E-state index is 0.0325. The molecule has 37 heavy (non-hydrogen) atoms. The van der Waals surface area contributed by atoms with E-state index >= 15 is 0 Å². The highest BCUT2D eigenvalue weighted by molar-refractivity contribution is 9.10. The first-order chi connectivity index (χ1) is 17.6. The van der Waals surface area contributed by atoms with Gasteiger partial charge in [-0.3, -0.25) is 14.9 Å². The first-order valence-electron chi connectivity index (χ1n) is 11.1. The number of rotatable bonds is 9. The van der Waals surface area contributed by atoms with Crippen LogP contribution in [-0.2, 0) is 15.9 Å². The van der Waals surface area contributed by atoms with E-state index in [2.05, 4.69) is 26.6 Å². The molecule has 0 bridgehead atoms. The second-order valence-corrected chi connectivity index (χ2v) is 9.67. The average Bonchev–Trinajstić information content (AvgIpc) is 3.32. The van der Waals surface area contributed by atoms with Crippen LogP contribution in [0.15, 0.2) is 71.2 Å². The summed E-state index contributed by atoms with van der Waals surface area (Å²) in [6, 6.07) is 17.7. The van der Waals surface area contributed by atoms with E-state index in [1.54, 1.807) is 0 Å². The number of ether oxygens (including phenoxy) is 2. The number of nitrogens with one attached hydrogen (secondary N) is 2. The van der Waals surface area contributed by atoms with E-state index in [1.165, 1.54) is 30.3 Å². The molecule has 2 N–H and O–H groups in total. The third kappa shape index (κ3) is 7.22. The Labute approximate surface area is 224 Å². The largest absolute Gasteiger partial charge is 0.376 e. The molecule has 1 amide bonds. The molecule has 3 aromatic carbocycles. The zero-order valence-electron chi connectivity index (χ0n) is 19.1. The third-order valence-corrected chi connectivity index (χ3v) is 6.23. The Hall–Kier alpha value is -3.12. The van der Waals surface area contributed by atoms with Gasteiger partial charge in [-0.15, -0.1) is 0 Å². The number of amides is 1. The number of anilines is 2. The summed E-state index contributed by atoms with van der Waals surface area (Å²) in [4.78, 5) is 23.9. The molecule has 2 atom stereocenters. The van der Waals surface area contributed by atoms with Crippen molar-refractivity contribution in [3.8, 4) is 0 Å². The van der Waals surface area contributed by atoms with Crippen molar-refractivity contribution < 1.29 is 28.0 Å². The van der Waals surface area contributed by atoms with Crippen LogP contribution in [0.5, 0.6) is 0 Å². The summed E-state index contributed by atoms with van der Waals surface area (Å²) < 4.78 is 37.8. The zero-order valence-corrected chi connectivity index (χ0v) is 21.5. The van der Waals surface area contributed by atoms with Crippen molar-refractivity contribution in [2.75, 3.05) is 23.8 Å². The number of hydrogen-bond donors (Lipinski definition) is 2. The van der Waals surface area contributed by atoms with E-state index in [0.29, 0.717) is 22.3 Å². The highest BCUT2D eigenvalue weighted by atomic mass is 79.9. The number of halogens is 4. The van der Waals surface area contributed by atoms with Crippen LogP contribution in [0, 0.1) is 10.1 Å². The number of carbonyl (C=O) groups excluding carboxylic acids is 1. The number of nitrogens with zero attached hydrogens (tertiary/aromatic N) is 1. The van der Waals surface area contributed by atoms with Gasteiger partial charge in [0, 0.05) is 33.9 Å². The number of nitro benzene ring substituents is 1. The number of carbonyl (C=O) groups is 1. The van der Waals surface area contributed by atoms with Gasteiger partial charge < -0.3 is 20.1 Å². The van der Waals surface area contributed by atoms with Crippen molar-refractivity contribution in [3.63, 3.8) is 0 Å². The van der Waals surface area contributed by atoms with Crippen molar-refractivity contribution in [1.29, 1.82) is 0 Å². The second-order valence-electron chi connectivity index (χ2n) is 8.27. The van der Waals surface area contributed by atoms with Crippen LogP contribution in [0.1, 0.15) is 27.8 Å². The zero-order chi connectivity index (χ0) is 26.6. The lowest BCUT2D eigenvalue weighted by Crippen LogP contribution is -2.22. The van der Waals surface area contributed by atoms with Gasteiger partial charge in [-0.05, 0) is 51.3 Å². The molecule has 8 nitrogen and oxygen atoms in total. The fourth-order valence-electron chi connectivity index (χ4n) is 3.74. The van der Waals surface area contributed by atoms with Crippen LogP contribution in [0.2, 0.25) is 0 Å². The molecule has 1 saturated heterocycles. The summed E-state index contributed by atoms with van der Waals surface area (Å²) in [5.74, 6) is -0.607. The van der Waals surface area contributed by atoms with Crippen LogP contribution >= 0.6 is 27.5 Å². The number of nitro groups is 1. The molecule has 0 aliphatic carbocycles. The van der Waals surface area contributed by atoms with Crippen molar-refractivity contribution in [1.82, 2.24) is 0 Å². The normalized spacial score (nSPS) is 17.4. The van der Waals surface area contributed by atoms with Gasteiger partial charge in [0.05, 0.1) is 18.0 Å². The molecule has 4 rings (SSSR count). The molecule has 12 heteroatoms. The van der Waals surface area contributed by atoms with Crippen LogP contribution < -0.4 is 10.6 Å². The van der Waals surface area contributed by atoms with E-state index in [9.17, 15) is 23.7 Å². The van der Waals surface area contributed by atoms with Crippen molar-refractivity contribution in [2.45, 2.75) is 24.2 Å². The van der Waals surface area contributed by atoms with Gasteiger partial charge in [0.25, 0.3) is 11.6 Å². The lowest BCUT2D eigenvalue weighted by molar-refractivity contribution is -0.384. The summed E-state index contributed by atoms with van der Waals surface area (Å²) >= 11 is 8.26. The van der Waals surface area contributed by atoms with E-state index in [1.807, 2.05) is 30.3 Å². The number of alkyl halides is 3. The maximum atomic E-state index is 13.0. The number of benzene rings is 3. The standard InChI is InChI=1S/C25H21BrClF2N3O5/c26-20-10-17(23(33)31-18-8-6-15(7-9-18)12-25(27,28)29)11-21(32(34)35)22(20)30-13-19-14-36-24(37-19)16-4-2-1-3-5-16/h1-11,19,24,30H,12-14H2,(H,31,33)/t19-,24?/m0/s1. The van der Waals surface area contributed by atoms with Crippen LogP contribution in [0.25, 0.3) is 0 Å². The Morgan fingerprint density at radius 1 is 1.16 bits per heavy atom. The monoisotopic (exact) mass is 595 g/mol. The molecule has 0 radical (unpaired) electrons. The smallest absolute Gasteiger partial charge is 0.325 e. The van der Waals surface area contributed by atoms with Crippen LogP contribution in [0.4, 0.5) is 25.8 Å². The van der Waals surface area contributed by atoms with Gasteiger partial charge in [0.15, 0.2) is 6.29 Å². The van der Waals surface area contributed by atoms with Gasteiger partial charge in [-0.1, -0.05) is 42.5 Å². The molecule has 194 valence electrons. The van der Waals surface area contributed by atoms with Crippen molar-refractivity contribution in [2.24, 2.45) is 0 Å². The summed E-state index contributed by atoms with van der Waals surface area (Å²) in [6.07, 6.45) is -1.51. The Morgan fingerprint density at radius 2 is 1.86 bits per heavy atom. The highest BCUT2D eigenvalue weighted by Crippen LogP contribution is 2.35. The molecule has 1 fully saturated rings. The lowest BCUT2D eigenvalue weighted by Gasteiger charge is -2.15. The molecule has 0 spiro atoms. The predicted molar refractivity (Wildman–Crippen MR) is 138 cm³/mol. The summed E-state index contributed by atoms with van der Waals surface area (Å²) in [5.41, 5.74) is 1.42. The molecule has 1 aliphatic heterocycles. The second kappa shape index (κ2) is 11.5. The van der Waals surface area contributed by atoms with E-state index in [0.717, 1.165) is 11.6 Å². The Balaban J connectivity index is 1.42. The SMILES string of the molecule is O=C(Nc1ccc(CC(F)(F)Cl)cc1)c1cc(Br)c(NC[C@H]2COC(c3ccccc3)O2)c([N+](=O)[O-])c1. The minimum atomic E-state index is -3.37. The summed E-state index contributed by atoms with van der Waals surface area (Å²) in [6.45, 7) is 0.543. The molecule has 1 heterocycles. The fourth-order valence-corrected chi connectivity index (χ4v) is 4.48. The first-order valence-corrected chi connectivity index (χ1v) is 12.3. The fraction of sp³-hybridized carbons (Fsp3) is 0.240.